The van der Waals surface area contributed by atoms with Crippen LogP contribution < -0.4 is 9.47 Å². The molecule has 2 aromatic rings. The van der Waals surface area contributed by atoms with Crippen LogP contribution in [0.5, 0.6) is 11.5 Å². The average Bonchev–Trinajstić information content (AvgIpc) is 2.96. The van der Waals surface area contributed by atoms with Crippen LogP contribution in [-0.4, -0.2) is 30.2 Å². The molecule has 1 atom stereocenters. The summed E-state index contributed by atoms with van der Waals surface area (Å²) >= 11 is 0. The van der Waals surface area contributed by atoms with Crippen LogP contribution in [0.1, 0.15) is 31.3 Å². The van der Waals surface area contributed by atoms with Gasteiger partial charge < -0.3 is 18.6 Å². The van der Waals surface area contributed by atoms with Crippen molar-refractivity contribution in [1.29, 1.82) is 0 Å². The lowest BCUT2D eigenvalue weighted by atomic mass is 10.2. The van der Waals surface area contributed by atoms with E-state index in [9.17, 15) is 4.79 Å². The molecule has 2 heterocycles. The molecule has 0 N–H and O–H groups in total. The zero-order chi connectivity index (χ0) is 16.4. The van der Waals surface area contributed by atoms with E-state index < -0.39 is 5.97 Å². The minimum Gasteiger partial charge on any atom is -0.458 e. The highest BCUT2D eigenvalue weighted by atomic mass is 35.5. The van der Waals surface area contributed by atoms with Crippen molar-refractivity contribution < 1.29 is 23.4 Å². The Kier molecular flexibility index (Phi) is 5.75. The largest absolute Gasteiger partial charge is 0.458 e. The number of carbonyl (C=O) groups excluding carboxylic acids is 1. The maximum absolute atomic E-state index is 12.3. The topological polar surface area (TPSA) is 61.1 Å². The molecule has 130 valence electrons. The summed E-state index contributed by atoms with van der Waals surface area (Å²) in [7, 11) is 0. The second kappa shape index (κ2) is 7.59. The van der Waals surface area contributed by atoms with Crippen LogP contribution >= 0.6 is 12.4 Å². The summed E-state index contributed by atoms with van der Waals surface area (Å²) in [4.78, 5) is 14.3. The first-order valence-electron chi connectivity index (χ1n) is 7.63. The van der Waals surface area contributed by atoms with Crippen LogP contribution in [-0.2, 0) is 4.74 Å². The number of fused-ring (bicyclic) bond motifs is 2. The third-order valence-electron chi connectivity index (χ3n) is 3.83. The monoisotopic (exact) mass is 353 g/mol. The second-order valence-electron chi connectivity index (χ2n) is 5.18. The number of hydrogen-bond donors (Lipinski definition) is 0. The van der Waals surface area contributed by atoms with Crippen LogP contribution in [0.25, 0.3) is 11.0 Å². The Morgan fingerprint density at radius 3 is 2.38 bits per heavy atom. The lowest BCUT2D eigenvalue weighted by molar-refractivity contribution is -0.0220. The smallest absolute Gasteiger partial charge is 0.375 e. The van der Waals surface area contributed by atoms with Gasteiger partial charge in [-0.3, -0.25) is 4.90 Å². The first kappa shape index (κ1) is 18.2. The van der Waals surface area contributed by atoms with Crippen molar-refractivity contribution in [2.24, 2.45) is 0 Å². The molecule has 0 fully saturated rings. The van der Waals surface area contributed by atoms with E-state index in [2.05, 4.69) is 0 Å². The minimum atomic E-state index is -0.487. The predicted molar refractivity (Wildman–Crippen MR) is 91.7 cm³/mol. The van der Waals surface area contributed by atoms with E-state index in [0.717, 1.165) is 18.5 Å². The summed E-state index contributed by atoms with van der Waals surface area (Å²) in [5.41, 5.74) is 0.546. The van der Waals surface area contributed by atoms with Gasteiger partial charge in [-0.25, -0.2) is 4.79 Å². The van der Waals surface area contributed by atoms with Gasteiger partial charge in [-0.05, 0) is 32.1 Å². The zero-order valence-corrected chi connectivity index (χ0v) is 14.6. The Bertz CT molecular complexity index is 706. The quantitative estimate of drug-likeness (QED) is 0.599. The molecule has 0 saturated heterocycles. The number of ether oxygens (including phenoxy) is 3. The van der Waals surface area contributed by atoms with Gasteiger partial charge in [-0.15, -0.1) is 12.4 Å². The second-order valence-corrected chi connectivity index (χ2v) is 5.18. The third-order valence-corrected chi connectivity index (χ3v) is 3.83. The third kappa shape index (κ3) is 3.49. The molecule has 0 aliphatic carbocycles. The van der Waals surface area contributed by atoms with Gasteiger partial charge in [0.2, 0.25) is 5.76 Å². The Hall–Kier alpha value is -2.18. The molecule has 6 nitrogen and oxygen atoms in total. The molecule has 1 unspecified atom stereocenters. The maximum Gasteiger partial charge on any atom is 0.375 e. The first-order chi connectivity index (χ1) is 11.1. The number of carbonyl (C=O) groups is 1. The lowest BCUT2D eigenvalue weighted by Gasteiger charge is -2.25. The van der Waals surface area contributed by atoms with Crippen molar-refractivity contribution in [2.75, 3.05) is 13.1 Å². The summed E-state index contributed by atoms with van der Waals surface area (Å²) < 4.78 is 21.7. The molecule has 24 heavy (non-hydrogen) atoms. The summed E-state index contributed by atoms with van der Waals surface area (Å²) in [6.45, 7) is 7.50. The zero-order valence-electron chi connectivity index (χ0n) is 13.8. The summed E-state index contributed by atoms with van der Waals surface area (Å²) in [6.07, 6.45) is 2.59. The highest BCUT2D eigenvalue weighted by Crippen LogP contribution is 2.36. The van der Waals surface area contributed by atoms with Gasteiger partial charge in [-0.2, -0.15) is 0 Å². The molecule has 1 aromatic carbocycles. The normalized spacial score (nSPS) is 13.7. The van der Waals surface area contributed by atoms with Gasteiger partial charge in [0.15, 0.2) is 17.7 Å². The van der Waals surface area contributed by atoms with Crippen LogP contribution in [0.15, 0.2) is 35.1 Å². The maximum atomic E-state index is 12.3. The van der Waals surface area contributed by atoms with Gasteiger partial charge in [0.25, 0.3) is 0 Å². The molecule has 0 amide bonds. The van der Waals surface area contributed by atoms with Crippen molar-refractivity contribution in [1.82, 2.24) is 4.90 Å². The van der Waals surface area contributed by atoms with E-state index in [1.165, 1.54) is 12.5 Å². The summed E-state index contributed by atoms with van der Waals surface area (Å²) in [6, 6.07) is 5.11. The lowest BCUT2D eigenvalue weighted by Crippen LogP contribution is -2.36. The van der Waals surface area contributed by atoms with E-state index >= 15 is 0 Å². The van der Waals surface area contributed by atoms with E-state index in [0.29, 0.717) is 17.1 Å². The summed E-state index contributed by atoms with van der Waals surface area (Å²) in [5.74, 6) is 0.802. The molecule has 0 saturated carbocycles. The molecule has 1 aliphatic heterocycles. The highest BCUT2D eigenvalue weighted by molar-refractivity contribution is 5.93. The standard InChI is InChI=1S/C17H19NO5.ClH/c1-4-18(5-2)11(3)22-17(19)16-9-12-8-14-15(10-13(12)23-16)21-7-6-20-14;/h6-11H,4-5H2,1-3H3;1H. The van der Waals surface area contributed by atoms with E-state index in [-0.39, 0.29) is 24.4 Å². The number of furan rings is 1. The predicted octanol–water partition coefficient (Wildman–Crippen LogP) is 3.94. The fourth-order valence-electron chi connectivity index (χ4n) is 2.56. The molecule has 3 rings (SSSR count). The fourth-order valence-corrected chi connectivity index (χ4v) is 2.56. The van der Waals surface area contributed by atoms with Crippen molar-refractivity contribution in [3.63, 3.8) is 0 Å². The van der Waals surface area contributed by atoms with Gasteiger partial charge in [0, 0.05) is 11.5 Å². The Morgan fingerprint density at radius 2 is 1.75 bits per heavy atom. The molecular formula is C17H20ClNO5. The van der Waals surface area contributed by atoms with Crippen molar-refractivity contribution in [3.05, 3.63) is 36.5 Å². The number of benzene rings is 1. The van der Waals surface area contributed by atoms with Gasteiger partial charge >= 0.3 is 5.97 Å². The van der Waals surface area contributed by atoms with Crippen LogP contribution in [0, 0.1) is 0 Å². The number of halogens is 1. The molecule has 1 aliphatic rings. The van der Waals surface area contributed by atoms with Crippen LogP contribution in [0.4, 0.5) is 0 Å². The van der Waals surface area contributed by atoms with Crippen LogP contribution in [0.3, 0.4) is 0 Å². The molecule has 7 heteroatoms. The fraction of sp³-hybridized carbons (Fsp3) is 0.353. The Morgan fingerprint density at radius 1 is 1.12 bits per heavy atom. The number of esters is 1. The van der Waals surface area contributed by atoms with Crippen molar-refractivity contribution in [3.8, 4) is 11.5 Å². The number of hydrogen-bond acceptors (Lipinski definition) is 6. The molecule has 0 radical (unpaired) electrons. The van der Waals surface area contributed by atoms with E-state index in [4.69, 9.17) is 18.6 Å². The SMILES string of the molecule is CCN(CC)C(C)OC(=O)c1cc2cc3c(cc2o1)OC=CO3.Cl. The van der Waals surface area contributed by atoms with Crippen molar-refractivity contribution >= 4 is 29.3 Å². The summed E-state index contributed by atoms with van der Waals surface area (Å²) in [5, 5.41) is 0.755. The Balaban J connectivity index is 0.00000208. The highest BCUT2D eigenvalue weighted by Gasteiger charge is 2.21. The molecule has 1 aromatic heterocycles. The van der Waals surface area contributed by atoms with Gasteiger partial charge in [-0.1, -0.05) is 13.8 Å². The number of nitrogens with zero attached hydrogens (tertiary/aromatic N) is 1. The number of rotatable bonds is 5. The first-order valence-corrected chi connectivity index (χ1v) is 7.63. The van der Waals surface area contributed by atoms with Gasteiger partial charge in [0.05, 0.1) is 0 Å². The van der Waals surface area contributed by atoms with Crippen molar-refractivity contribution in [2.45, 2.75) is 27.0 Å². The van der Waals surface area contributed by atoms with Gasteiger partial charge in [0.1, 0.15) is 18.1 Å². The Labute approximate surface area is 146 Å². The average molecular weight is 354 g/mol. The minimum absolute atomic E-state index is 0. The van der Waals surface area contributed by atoms with Crippen LogP contribution in [0.2, 0.25) is 0 Å². The molecule has 0 spiro atoms. The van der Waals surface area contributed by atoms with E-state index in [1.54, 1.807) is 18.2 Å². The molecule has 0 bridgehead atoms. The van der Waals surface area contributed by atoms with E-state index in [1.807, 2.05) is 25.7 Å². The molecular weight excluding hydrogens is 334 g/mol.